The molecule has 0 bridgehead atoms. The van der Waals surface area contributed by atoms with Gasteiger partial charge < -0.3 is 15.3 Å². The number of nitrogens with one attached hydrogen (secondary N) is 1. The number of carbonyl (C=O) groups is 1. The van der Waals surface area contributed by atoms with E-state index in [1.807, 2.05) is 37.3 Å². The molecule has 2 atom stereocenters. The van der Waals surface area contributed by atoms with E-state index < -0.39 is 11.9 Å². The first-order valence-corrected chi connectivity index (χ1v) is 8.61. The molecule has 1 heterocycles. The molecule has 1 saturated heterocycles. The number of benzene rings is 2. The SMILES string of the molecule is Cc1ccc(F)c(NC(=O)N2CCCC2CC(O)c2ccccc2)c1. The number of likely N-dealkylation sites (tertiary alicyclic amines) is 1. The van der Waals surface area contributed by atoms with Gasteiger partial charge in [-0.2, -0.15) is 0 Å². The summed E-state index contributed by atoms with van der Waals surface area (Å²) in [5, 5.41) is 13.1. The van der Waals surface area contributed by atoms with Crippen molar-refractivity contribution in [2.75, 3.05) is 11.9 Å². The van der Waals surface area contributed by atoms with Crippen LogP contribution in [0.5, 0.6) is 0 Å². The first kappa shape index (κ1) is 17.4. The Kier molecular flexibility index (Phi) is 5.34. The number of aliphatic hydroxyl groups excluding tert-OH is 1. The van der Waals surface area contributed by atoms with Gasteiger partial charge in [0.1, 0.15) is 5.82 Å². The van der Waals surface area contributed by atoms with Gasteiger partial charge in [-0.3, -0.25) is 0 Å². The number of amides is 2. The first-order valence-electron chi connectivity index (χ1n) is 8.61. The Labute approximate surface area is 147 Å². The van der Waals surface area contributed by atoms with Gasteiger partial charge in [-0.1, -0.05) is 36.4 Å². The summed E-state index contributed by atoms with van der Waals surface area (Å²) >= 11 is 0. The molecule has 25 heavy (non-hydrogen) atoms. The van der Waals surface area contributed by atoms with Crippen LogP contribution in [0.4, 0.5) is 14.9 Å². The second-order valence-corrected chi connectivity index (χ2v) is 6.57. The smallest absolute Gasteiger partial charge is 0.322 e. The molecule has 1 aliphatic rings. The Hall–Kier alpha value is -2.40. The van der Waals surface area contributed by atoms with E-state index >= 15 is 0 Å². The number of urea groups is 1. The molecule has 0 aliphatic carbocycles. The normalized spacial score (nSPS) is 18.2. The highest BCUT2D eigenvalue weighted by Gasteiger charge is 2.31. The van der Waals surface area contributed by atoms with E-state index in [1.54, 1.807) is 17.0 Å². The van der Waals surface area contributed by atoms with Crippen LogP contribution in [0.15, 0.2) is 48.5 Å². The number of carbonyl (C=O) groups excluding carboxylic acids is 1. The summed E-state index contributed by atoms with van der Waals surface area (Å²) in [5.74, 6) is -0.445. The minimum absolute atomic E-state index is 0.0527. The fourth-order valence-electron chi connectivity index (χ4n) is 3.34. The van der Waals surface area contributed by atoms with Crippen LogP contribution in [0, 0.1) is 12.7 Å². The van der Waals surface area contributed by atoms with Crippen LogP contribution in [0.2, 0.25) is 0 Å². The largest absolute Gasteiger partial charge is 0.388 e. The molecule has 2 unspecified atom stereocenters. The Morgan fingerprint density at radius 3 is 2.84 bits per heavy atom. The molecule has 132 valence electrons. The number of hydrogen-bond acceptors (Lipinski definition) is 2. The van der Waals surface area contributed by atoms with E-state index in [9.17, 15) is 14.3 Å². The second kappa shape index (κ2) is 7.66. The van der Waals surface area contributed by atoms with Crippen LogP contribution >= 0.6 is 0 Å². The van der Waals surface area contributed by atoms with Crippen molar-refractivity contribution in [1.82, 2.24) is 4.90 Å². The zero-order valence-corrected chi connectivity index (χ0v) is 14.3. The van der Waals surface area contributed by atoms with Gasteiger partial charge in [0.15, 0.2) is 0 Å². The van der Waals surface area contributed by atoms with Crippen molar-refractivity contribution in [3.8, 4) is 0 Å². The third kappa shape index (κ3) is 4.17. The highest BCUT2D eigenvalue weighted by atomic mass is 19.1. The summed E-state index contributed by atoms with van der Waals surface area (Å²) in [6.07, 6.45) is 1.59. The molecule has 2 amide bonds. The molecule has 0 aromatic heterocycles. The van der Waals surface area contributed by atoms with Crippen LogP contribution in [0.3, 0.4) is 0 Å². The predicted octanol–water partition coefficient (Wildman–Crippen LogP) is 4.25. The highest BCUT2D eigenvalue weighted by Crippen LogP contribution is 2.28. The van der Waals surface area contributed by atoms with E-state index in [4.69, 9.17) is 0 Å². The number of halogens is 1. The number of anilines is 1. The molecule has 0 spiro atoms. The van der Waals surface area contributed by atoms with Crippen molar-refractivity contribution in [2.24, 2.45) is 0 Å². The first-order chi connectivity index (χ1) is 12.0. The molecule has 2 N–H and O–H groups in total. The topological polar surface area (TPSA) is 52.6 Å². The molecule has 0 saturated carbocycles. The molecule has 5 heteroatoms. The quantitative estimate of drug-likeness (QED) is 0.872. The van der Waals surface area contributed by atoms with Gasteiger partial charge in [0, 0.05) is 12.6 Å². The lowest BCUT2D eigenvalue weighted by Gasteiger charge is -2.27. The molecule has 0 radical (unpaired) electrons. The van der Waals surface area contributed by atoms with Gasteiger partial charge >= 0.3 is 6.03 Å². The van der Waals surface area contributed by atoms with Crippen molar-refractivity contribution >= 4 is 11.7 Å². The van der Waals surface area contributed by atoms with Crippen LogP contribution in [-0.4, -0.2) is 28.6 Å². The Balaban J connectivity index is 1.66. The number of hydrogen-bond donors (Lipinski definition) is 2. The fourth-order valence-corrected chi connectivity index (χ4v) is 3.34. The van der Waals surface area contributed by atoms with Crippen molar-refractivity contribution < 1.29 is 14.3 Å². The van der Waals surface area contributed by atoms with Crippen molar-refractivity contribution in [3.63, 3.8) is 0 Å². The maximum atomic E-state index is 13.9. The van der Waals surface area contributed by atoms with Crippen molar-refractivity contribution in [1.29, 1.82) is 0 Å². The summed E-state index contributed by atoms with van der Waals surface area (Å²) in [5.41, 5.74) is 1.92. The lowest BCUT2D eigenvalue weighted by molar-refractivity contribution is 0.129. The fraction of sp³-hybridized carbons (Fsp3) is 0.350. The lowest BCUT2D eigenvalue weighted by atomic mass is 10.0. The van der Waals surface area contributed by atoms with Crippen LogP contribution in [0.1, 0.15) is 36.5 Å². The number of aliphatic hydroxyl groups is 1. The number of rotatable bonds is 4. The summed E-state index contributed by atoms with van der Waals surface area (Å²) < 4.78 is 13.9. The van der Waals surface area contributed by atoms with Crippen LogP contribution in [-0.2, 0) is 0 Å². The molecule has 1 aliphatic heterocycles. The monoisotopic (exact) mass is 342 g/mol. The second-order valence-electron chi connectivity index (χ2n) is 6.57. The minimum atomic E-state index is -0.615. The van der Waals surface area contributed by atoms with Crippen LogP contribution < -0.4 is 5.32 Å². The Bertz CT molecular complexity index is 736. The van der Waals surface area contributed by atoms with E-state index in [1.165, 1.54) is 6.07 Å². The van der Waals surface area contributed by atoms with Gasteiger partial charge in [-0.05, 0) is 49.4 Å². The van der Waals surface area contributed by atoms with E-state index in [0.717, 1.165) is 24.0 Å². The molecule has 3 rings (SSSR count). The maximum absolute atomic E-state index is 13.9. The van der Waals surface area contributed by atoms with Gasteiger partial charge in [-0.25, -0.2) is 9.18 Å². The minimum Gasteiger partial charge on any atom is -0.388 e. The molecule has 2 aromatic carbocycles. The summed E-state index contributed by atoms with van der Waals surface area (Å²) in [6.45, 7) is 2.47. The molecule has 2 aromatic rings. The molecular weight excluding hydrogens is 319 g/mol. The summed E-state index contributed by atoms with van der Waals surface area (Å²) in [6, 6.07) is 13.7. The average molecular weight is 342 g/mol. The molecule has 1 fully saturated rings. The summed E-state index contributed by atoms with van der Waals surface area (Å²) in [4.78, 5) is 14.3. The van der Waals surface area contributed by atoms with Crippen LogP contribution in [0.25, 0.3) is 0 Å². The number of nitrogens with zero attached hydrogens (tertiary/aromatic N) is 1. The van der Waals surface area contributed by atoms with Crippen molar-refractivity contribution in [2.45, 2.75) is 38.3 Å². The van der Waals surface area contributed by atoms with E-state index in [2.05, 4.69) is 5.32 Å². The lowest BCUT2D eigenvalue weighted by Crippen LogP contribution is -2.39. The zero-order chi connectivity index (χ0) is 17.8. The molecule has 4 nitrogen and oxygen atoms in total. The third-order valence-corrected chi connectivity index (χ3v) is 4.68. The maximum Gasteiger partial charge on any atom is 0.322 e. The average Bonchev–Trinajstić information content (AvgIpc) is 3.07. The van der Waals surface area contributed by atoms with Gasteiger partial charge in [0.25, 0.3) is 0 Å². The summed E-state index contributed by atoms with van der Waals surface area (Å²) in [7, 11) is 0. The highest BCUT2D eigenvalue weighted by molar-refractivity contribution is 5.90. The predicted molar refractivity (Wildman–Crippen MR) is 95.9 cm³/mol. The van der Waals surface area contributed by atoms with Gasteiger partial charge in [-0.15, -0.1) is 0 Å². The Morgan fingerprint density at radius 1 is 1.32 bits per heavy atom. The Morgan fingerprint density at radius 2 is 2.08 bits per heavy atom. The third-order valence-electron chi connectivity index (χ3n) is 4.68. The number of aryl methyl sites for hydroxylation is 1. The standard InChI is InChI=1S/C20H23FN2O2/c1-14-9-10-17(21)18(12-14)22-20(25)23-11-5-8-16(23)13-19(24)15-6-3-2-4-7-15/h2-4,6-7,9-10,12,16,19,24H,5,8,11,13H2,1H3,(H,22,25). The van der Waals surface area contributed by atoms with E-state index in [0.29, 0.717) is 13.0 Å². The zero-order valence-electron chi connectivity index (χ0n) is 14.3. The van der Waals surface area contributed by atoms with Gasteiger partial charge in [0.05, 0.1) is 11.8 Å². The van der Waals surface area contributed by atoms with E-state index in [-0.39, 0.29) is 17.8 Å². The molecular formula is C20H23FN2O2. The van der Waals surface area contributed by atoms with Gasteiger partial charge in [0.2, 0.25) is 0 Å². The van der Waals surface area contributed by atoms with Crippen molar-refractivity contribution in [3.05, 3.63) is 65.5 Å².